The van der Waals surface area contributed by atoms with Gasteiger partial charge in [-0.15, -0.1) is 0 Å². The number of fused-ring (bicyclic) bond motifs is 1. The Bertz CT molecular complexity index is 1270. The van der Waals surface area contributed by atoms with Crippen LogP contribution in [-0.2, 0) is 0 Å². The van der Waals surface area contributed by atoms with Crippen LogP contribution in [0.5, 0.6) is 5.75 Å². The Labute approximate surface area is 209 Å². The summed E-state index contributed by atoms with van der Waals surface area (Å²) in [6.45, 7) is 10.5. The number of anilines is 1. The zero-order valence-electron chi connectivity index (χ0n) is 20.1. The molecular formula is C25H31ClN8O. The Morgan fingerprint density at radius 3 is 3.00 bits per heavy atom. The average molecular weight is 495 g/mol. The number of halogens is 1. The maximum atomic E-state index is 6.60. The van der Waals surface area contributed by atoms with E-state index in [0.717, 1.165) is 53.6 Å². The molecule has 2 aromatic heterocycles. The van der Waals surface area contributed by atoms with Gasteiger partial charge >= 0.3 is 0 Å². The van der Waals surface area contributed by atoms with Gasteiger partial charge in [-0.3, -0.25) is 5.10 Å². The Morgan fingerprint density at radius 2 is 2.23 bits per heavy atom. The van der Waals surface area contributed by atoms with Crippen molar-refractivity contribution in [3.05, 3.63) is 52.6 Å². The van der Waals surface area contributed by atoms with Crippen LogP contribution < -0.4 is 15.4 Å². The molecule has 184 valence electrons. The second-order valence-electron chi connectivity index (χ2n) is 9.18. The van der Waals surface area contributed by atoms with Gasteiger partial charge in [0.1, 0.15) is 17.4 Å². The summed E-state index contributed by atoms with van der Waals surface area (Å²) in [7, 11) is 0. The van der Waals surface area contributed by atoms with Crippen molar-refractivity contribution >= 4 is 40.9 Å². The summed E-state index contributed by atoms with van der Waals surface area (Å²) >= 11 is 6.60. The molecule has 0 bridgehead atoms. The number of aromatic nitrogens is 3. The van der Waals surface area contributed by atoms with Crippen LogP contribution >= 0.6 is 11.6 Å². The van der Waals surface area contributed by atoms with Crippen LogP contribution in [0, 0.1) is 6.92 Å². The second kappa shape index (κ2) is 10.1. The quantitative estimate of drug-likeness (QED) is 0.274. The number of piperazine rings is 1. The van der Waals surface area contributed by atoms with Crippen molar-refractivity contribution in [2.75, 3.05) is 31.7 Å². The summed E-state index contributed by atoms with van der Waals surface area (Å²) < 4.78 is 5.98. The molecule has 1 saturated carbocycles. The molecule has 2 aliphatic rings. The van der Waals surface area contributed by atoms with Crippen molar-refractivity contribution in [1.29, 1.82) is 0 Å². The average Bonchev–Trinajstić information content (AvgIpc) is 3.47. The van der Waals surface area contributed by atoms with E-state index in [1.165, 1.54) is 12.8 Å². The van der Waals surface area contributed by atoms with Crippen LogP contribution in [-0.4, -0.2) is 65.0 Å². The molecule has 5 rings (SSSR count). The van der Waals surface area contributed by atoms with Gasteiger partial charge in [0.05, 0.1) is 5.02 Å². The summed E-state index contributed by atoms with van der Waals surface area (Å²) in [5.74, 6) is 3.26. The van der Waals surface area contributed by atoms with E-state index in [0.29, 0.717) is 28.6 Å². The van der Waals surface area contributed by atoms with Crippen LogP contribution in [0.3, 0.4) is 0 Å². The first kappa shape index (κ1) is 23.4. The number of rotatable bonds is 8. The molecule has 10 heteroatoms. The molecule has 3 heterocycles. The smallest absolute Gasteiger partial charge is 0.181 e. The van der Waals surface area contributed by atoms with Crippen LogP contribution in [0.15, 0.2) is 46.1 Å². The van der Waals surface area contributed by atoms with E-state index < -0.39 is 0 Å². The highest BCUT2D eigenvalue weighted by atomic mass is 35.5. The number of ether oxygens (including phenoxy) is 1. The Kier molecular flexibility index (Phi) is 6.79. The number of amidine groups is 1. The van der Waals surface area contributed by atoms with Gasteiger partial charge in [-0.25, -0.2) is 9.98 Å². The summed E-state index contributed by atoms with van der Waals surface area (Å²) in [5, 5.41) is 15.7. The van der Waals surface area contributed by atoms with Crippen molar-refractivity contribution < 1.29 is 4.74 Å². The summed E-state index contributed by atoms with van der Waals surface area (Å²) in [6, 6.07) is 8.23. The highest BCUT2D eigenvalue weighted by Crippen LogP contribution is 2.39. The summed E-state index contributed by atoms with van der Waals surface area (Å²) in [4.78, 5) is 14.5. The van der Waals surface area contributed by atoms with E-state index in [4.69, 9.17) is 21.3 Å². The van der Waals surface area contributed by atoms with Gasteiger partial charge in [0.25, 0.3) is 0 Å². The number of nitrogens with one attached hydrogen (secondary N) is 4. The molecule has 0 spiro atoms. The largest absolute Gasteiger partial charge is 0.470 e. The predicted molar refractivity (Wildman–Crippen MR) is 142 cm³/mol. The molecule has 4 N–H and O–H groups in total. The van der Waals surface area contributed by atoms with Gasteiger partial charge in [-0.2, -0.15) is 5.10 Å². The Balaban J connectivity index is 1.35. The molecular weight excluding hydrogens is 464 g/mol. The minimum absolute atomic E-state index is 0.122. The standard InChI is InChI=1S/C25H31ClN8O/c1-15-10-18-19(30-15)6-7-21(25(18)26)35-14-29-24(34-9-8-28-16(2)13-34)12-22(27-3)31-23-11-20(32-33-23)17-4-5-17/h6-7,10-12,16-17,28,30H,3-5,8-9,13-14H2,1-2H3,(H2,31,32,33)/b22-12+,29-24+. The van der Waals surface area contributed by atoms with Crippen LogP contribution in [0.25, 0.3) is 10.9 Å². The lowest BCUT2D eigenvalue weighted by atomic mass is 10.2. The number of aromatic amines is 2. The van der Waals surface area contributed by atoms with Crippen molar-refractivity contribution in [3.63, 3.8) is 0 Å². The Hall–Kier alpha value is -3.30. The number of H-pyrrole nitrogens is 2. The first-order chi connectivity index (χ1) is 17.0. The molecule has 1 saturated heterocycles. The lowest BCUT2D eigenvalue weighted by molar-refractivity contribution is 0.294. The van der Waals surface area contributed by atoms with Crippen molar-refractivity contribution in [2.24, 2.45) is 9.98 Å². The highest BCUT2D eigenvalue weighted by molar-refractivity contribution is 6.37. The summed E-state index contributed by atoms with van der Waals surface area (Å²) in [6.07, 6.45) is 4.31. The van der Waals surface area contributed by atoms with E-state index in [1.54, 1.807) is 0 Å². The molecule has 0 radical (unpaired) electrons. The fraction of sp³-hybridized carbons (Fsp3) is 0.400. The van der Waals surface area contributed by atoms with Gasteiger partial charge < -0.3 is 25.3 Å². The van der Waals surface area contributed by atoms with Crippen molar-refractivity contribution in [3.8, 4) is 5.75 Å². The lowest BCUT2D eigenvalue weighted by Gasteiger charge is -2.33. The molecule has 35 heavy (non-hydrogen) atoms. The van der Waals surface area contributed by atoms with Gasteiger partial charge in [0, 0.05) is 66.0 Å². The van der Waals surface area contributed by atoms with Crippen LogP contribution in [0.2, 0.25) is 5.02 Å². The fourth-order valence-corrected chi connectivity index (χ4v) is 4.60. The summed E-state index contributed by atoms with van der Waals surface area (Å²) in [5.41, 5.74) is 3.19. The number of hydrogen-bond donors (Lipinski definition) is 4. The molecule has 9 nitrogen and oxygen atoms in total. The maximum absolute atomic E-state index is 6.60. The SMILES string of the molecule is C=N/C(=C\C(=N/COc1ccc2[nH]c(C)cc2c1Cl)N1CCNC(C)C1)Nc1cc(C2CC2)[nH]n1. The zero-order valence-corrected chi connectivity index (χ0v) is 20.8. The van der Waals surface area contributed by atoms with Crippen LogP contribution in [0.4, 0.5) is 5.82 Å². The zero-order chi connectivity index (χ0) is 24.4. The predicted octanol–water partition coefficient (Wildman–Crippen LogP) is 4.41. The number of hydrogen-bond acceptors (Lipinski definition) is 6. The topological polar surface area (TPSA) is 106 Å². The Morgan fingerprint density at radius 1 is 1.37 bits per heavy atom. The molecule has 1 aromatic carbocycles. The normalized spacial score (nSPS) is 19.3. The van der Waals surface area contributed by atoms with Crippen molar-refractivity contribution in [2.45, 2.75) is 38.6 Å². The van der Waals surface area contributed by atoms with E-state index in [1.807, 2.05) is 37.3 Å². The van der Waals surface area contributed by atoms with E-state index >= 15 is 0 Å². The molecule has 1 aliphatic carbocycles. The molecule has 3 aromatic rings. The van der Waals surface area contributed by atoms with E-state index in [-0.39, 0.29) is 6.73 Å². The van der Waals surface area contributed by atoms with E-state index in [9.17, 15) is 0 Å². The molecule has 1 atom stereocenters. The third-order valence-corrected chi connectivity index (χ3v) is 6.67. The minimum Gasteiger partial charge on any atom is -0.470 e. The number of nitrogens with zero attached hydrogens (tertiary/aromatic N) is 4. The highest BCUT2D eigenvalue weighted by Gasteiger charge is 2.25. The third kappa shape index (κ3) is 5.52. The number of aliphatic imine (C=N–C) groups is 2. The van der Waals surface area contributed by atoms with Crippen LogP contribution in [0.1, 0.15) is 37.1 Å². The maximum Gasteiger partial charge on any atom is 0.181 e. The molecule has 2 fully saturated rings. The molecule has 1 aliphatic heterocycles. The first-order valence-electron chi connectivity index (χ1n) is 11.9. The number of benzene rings is 1. The first-order valence-corrected chi connectivity index (χ1v) is 12.3. The second-order valence-corrected chi connectivity index (χ2v) is 9.56. The number of aryl methyl sites for hydroxylation is 1. The third-order valence-electron chi connectivity index (χ3n) is 6.28. The lowest BCUT2D eigenvalue weighted by Crippen LogP contribution is -2.51. The van der Waals surface area contributed by atoms with Crippen molar-refractivity contribution in [1.82, 2.24) is 25.4 Å². The van der Waals surface area contributed by atoms with Gasteiger partial charge in [0.2, 0.25) is 0 Å². The fourth-order valence-electron chi connectivity index (χ4n) is 4.32. The van der Waals surface area contributed by atoms with Gasteiger partial charge in [-0.05, 0) is 51.6 Å². The van der Waals surface area contributed by atoms with Gasteiger partial charge in [0.15, 0.2) is 12.5 Å². The molecule has 0 amide bonds. The van der Waals surface area contributed by atoms with Gasteiger partial charge in [-0.1, -0.05) is 11.6 Å². The van der Waals surface area contributed by atoms with E-state index in [2.05, 4.69) is 49.3 Å². The molecule has 1 unspecified atom stereocenters. The monoisotopic (exact) mass is 494 g/mol. The minimum atomic E-state index is 0.122.